The lowest BCUT2D eigenvalue weighted by molar-refractivity contribution is -0.134. The number of amides is 2. The summed E-state index contributed by atoms with van der Waals surface area (Å²) in [6.45, 7) is 3.59. The molecule has 6 heteroatoms. The second-order valence-electron chi connectivity index (χ2n) is 4.96. The van der Waals surface area contributed by atoms with E-state index in [0.29, 0.717) is 26.2 Å². The zero-order valence-electron chi connectivity index (χ0n) is 12.0. The van der Waals surface area contributed by atoms with Crippen LogP contribution in [0.3, 0.4) is 0 Å². The maximum atomic E-state index is 13.4. The standard InChI is InChI=1S/C15H19FN2O3/c1-12(19)17-7-4-8-18(10-9-17)15(20)11-21-14-6-3-2-5-13(14)16/h2-3,5-6H,4,7-11H2,1H3. The van der Waals surface area contributed by atoms with Gasteiger partial charge >= 0.3 is 0 Å². The molecular weight excluding hydrogens is 275 g/mol. The van der Waals surface area contributed by atoms with Gasteiger partial charge in [-0.25, -0.2) is 4.39 Å². The predicted molar refractivity (Wildman–Crippen MR) is 75.3 cm³/mol. The highest BCUT2D eigenvalue weighted by Crippen LogP contribution is 2.15. The second kappa shape index (κ2) is 7.06. The van der Waals surface area contributed by atoms with E-state index in [1.54, 1.807) is 21.9 Å². The first-order valence-corrected chi connectivity index (χ1v) is 6.98. The molecule has 1 aliphatic heterocycles. The summed E-state index contributed by atoms with van der Waals surface area (Å²) in [5, 5.41) is 0. The Kier molecular flexibility index (Phi) is 5.14. The first kappa shape index (κ1) is 15.3. The van der Waals surface area contributed by atoms with Crippen molar-refractivity contribution in [3.63, 3.8) is 0 Å². The Morgan fingerprint density at radius 3 is 2.52 bits per heavy atom. The lowest BCUT2D eigenvalue weighted by Gasteiger charge is -2.21. The lowest BCUT2D eigenvalue weighted by atomic mass is 10.3. The molecule has 0 spiro atoms. The van der Waals surface area contributed by atoms with Gasteiger partial charge in [0.1, 0.15) is 0 Å². The maximum absolute atomic E-state index is 13.4. The topological polar surface area (TPSA) is 49.9 Å². The van der Waals surface area contributed by atoms with Crippen molar-refractivity contribution in [2.24, 2.45) is 0 Å². The van der Waals surface area contributed by atoms with Crippen molar-refractivity contribution in [1.82, 2.24) is 9.80 Å². The van der Waals surface area contributed by atoms with Gasteiger partial charge in [-0.05, 0) is 18.6 Å². The highest BCUT2D eigenvalue weighted by Gasteiger charge is 2.20. The van der Waals surface area contributed by atoms with Gasteiger partial charge in [0, 0.05) is 33.1 Å². The molecule has 0 saturated carbocycles. The SMILES string of the molecule is CC(=O)N1CCCN(C(=O)COc2ccccc2F)CC1. The third-order valence-electron chi connectivity index (χ3n) is 3.48. The summed E-state index contributed by atoms with van der Waals surface area (Å²) in [5.74, 6) is -0.578. The zero-order chi connectivity index (χ0) is 15.2. The smallest absolute Gasteiger partial charge is 0.260 e. The second-order valence-corrected chi connectivity index (χ2v) is 4.96. The average molecular weight is 294 g/mol. The van der Waals surface area contributed by atoms with E-state index in [1.807, 2.05) is 0 Å². The van der Waals surface area contributed by atoms with Crippen molar-refractivity contribution in [3.05, 3.63) is 30.1 Å². The normalized spacial score (nSPS) is 15.5. The van der Waals surface area contributed by atoms with Gasteiger partial charge in [0.2, 0.25) is 5.91 Å². The van der Waals surface area contributed by atoms with Crippen LogP contribution < -0.4 is 4.74 Å². The monoisotopic (exact) mass is 294 g/mol. The Labute approximate surface area is 123 Å². The molecular formula is C15H19FN2O3. The largest absolute Gasteiger partial charge is 0.481 e. The molecule has 1 saturated heterocycles. The molecule has 21 heavy (non-hydrogen) atoms. The molecule has 1 fully saturated rings. The molecule has 114 valence electrons. The number of halogens is 1. The number of carbonyl (C=O) groups is 2. The minimum atomic E-state index is -0.482. The summed E-state index contributed by atoms with van der Waals surface area (Å²) in [7, 11) is 0. The molecule has 1 aromatic carbocycles. The van der Waals surface area contributed by atoms with Crippen LogP contribution in [0.5, 0.6) is 5.75 Å². The third kappa shape index (κ3) is 4.18. The molecule has 0 unspecified atom stereocenters. The summed E-state index contributed by atoms with van der Waals surface area (Å²) < 4.78 is 18.6. The van der Waals surface area contributed by atoms with Crippen LogP contribution in [0.4, 0.5) is 4.39 Å². The van der Waals surface area contributed by atoms with Crippen molar-refractivity contribution >= 4 is 11.8 Å². The number of ether oxygens (including phenoxy) is 1. The summed E-state index contributed by atoms with van der Waals surface area (Å²) in [6.07, 6.45) is 0.741. The van der Waals surface area contributed by atoms with E-state index in [1.165, 1.54) is 19.1 Å². The molecule has 0 bridgehead atoms. The Hall–Kier alpha value is -2.11. The van der Waals surface area contributed by atoms with Crippen molar-refractivity contribution in [2.75, 3.05) is 32.8 Å². The number of hydrogen-bond acceptors (Lipinski definition) is 3. The Bertz CT molecular complexity index is 521. The zero-order valence-corrected chi connectivity index (χ0v) is 12.0. The lowest BCUT2D eigenvalue weighted by Crippen LogP contribution is -2.38. The van der Waals surface area contributed by atoms with E-state index in [0.717, 1.165) is 6.42 Å². The minimum Gasteiger partial charge on any atom is -0.481 e. The van der Waals surface area contributed by atoms with Crippen molar-refractivity contribution in [3.8, 4) is 5.75 Å². The minimum absolute atomic E-state index is 0.0203. The van der Waals surface area contributed by atoms with Crippen LogP contribution in [0.15, 0.2) is 24.3 Å². The van der Waals surface area contributed by atoms with Crippen LogP contribution in [-0.2, 0) is 9.59 Å². The maximum Gasteiger partial charge on any atom is 0.260 e. The molecule has 0 N–H and O–H groups in total. The number of nitrogens with zero attached hydrogens (tertiary/aromatic N) is 2. The number of rotatable bonds is 3. The van der Waals surface area contributed by atoms with Crippen molar-refractivity contribution < 1.29 is 18.7 Å². The molecule has 0 atom stereocenters. The fourth-order valence-corrected chi connectivity index (χ4v) is 2.27. The van der Waals surface area contributed by atoms with E-state index in [-0.39, 0.29) is 24.2 Å². The van der Waals surface area contributed by atoms with Crippen LogP contribution in [0.25, 0.3) is 0 Å². The van der Waals surface area contributed by atoms with Crippen molar-refractivity contribution in [1.29, 1.82) is 0 Å². The van der Waals surface area contributed by atoms with E-state index in [2.05, 4.69) is 0 Å². The Balaban J connectivity index is 1.86. The number of hydrogen-bond donors (Lipinski definition) is 0. The molecule has 0 aliphatic carbocycles. The van der Waals surface area contributed by atoms with Crippen LogP contribution in [-0.4, -0.2) is 54.4 Å². The highest BCUT2D eigenvalue weighted by atomic mass is 19.1. The molecule has 1 aliphatic rings. The van der Waals surface area contributed by atoms with E-state index in [4.69, 9.17) is 4.74 Å². The Morgan fingerprint density at radius 1 is 1.14 bits per heavy atom. The quantitative estimate of drug-likeness (QED) is 0.844. The fraction of sp³-hybridized carbons (Fsp3) is 0.467. The van der Waals surface area contributed by atoms with Gasteiger partial charge < -0.3 is 14.5 Å². The molecule has 1 heterocycles. The summed E-state index contributed by atoms with van der Waals surface area (Å²) in [4.78, 5) is 26.8. The van der Waals surface area contributed by atoms with Gasteiger partial charge in [-0.2, -0.15) is 0 Å². The van der Waals surface area contributed by atoms with Gasteiger partial charge in [0.25, 0.3) is 5.91 Å². The van der Waals surface area contributed by atoms with E-state index < -0.39 is 5.82 Å². The van der Waals surface area contributed by atoms with Crippen LogP contribution in [0, 0.1) is 5.82 Å². The molecule has 0 aromatic heterocycles. The number of para-hydroxylation sites is 1. The Morgan fingerprint density at radius 2 is 1.81 bits per heavy atom. The van der Waals surface area contributed by atoms with Crippen LogP contribution in [0.2, 0.25) is 0 Å². The predicted octanol–water partition coefficient (Wildman–Crippen LogP) is 1.29. The fourth-order valence-electron chi connectivity index (χ4n) is 2.27. The third-order valence-corrected chi connectivity index (χ3v) is 3.48. The molecule has 5 nitrogen and oxygen atoms in total. The summed E-state index contributed by atoms with van der Waals surface area (Å²) in [5.41, 5.74) is 0. The molecule has 2 amide bonds. The number of benzene rings is 1. The summed E-state index contributed by atoms with van der Waals surface area (Å²) >= 11 is 0. The highest BCUT2D eigenvalue weighted by molar-refractivity contribution is 5.78. The first-order chi connectivity index (χ1) is 10.1. The van der Waals surface area contributed by atoms with E-state index in [9.17, 15) is 14.0 Å². The molecule has 1 aromatic rings. The average Bonchev–Trinajstić information content (AvgIpc) is 2.72. The van der Waals surface area contributed by atoms with Crippen LogP contribution in [0.1, 0.15) is 13.3 Å². The number of carbonyl (C=O) groups excluding carboxylic acids is 2. The van der Waals surface area contributed by atoms with Gasteiger partial charge in [0.15, 0.2) is 18.2 Å². The van der Waals surface area contributed by atoms with Crippen LogP contribution >= 0.6 is 0 Å². The van der Waals surface area contributed by atoms with Gasteiger partial charge in [-0.1, -0.05) is 12.1 Å². The molecule has 2 rings (SSSR count). The van der Waals surface area contributed by atoms with Gasteiger partial charge in [-0.3, -0.25) is 9.59 Å². The van der Waals surface area contributed by atoms with E-state index >= 15 is 0 Å². The first-order valence-electron chi connectivity index (χ1n) is 6.98. The van der Waals surface area contributed by atoms with Gasteiger partial charge in [0.05, 0.1) is 0 Å². The summed E-state index contributed by atoms with van der Waals surface area (Å²) in [6, 6.07) is 5.99. The van der Waals surface area contributed by atoms with Gasteiger partial charge in [-0.15, -0.1) is 0 Å². The molecule has 0 radical (unpaired) electrons. The van der Waals surface area contributed by atoms with Crippen molar-refractivity contribution in [2.45, 2.75) is 13.3 Å².